The Morgan fingerprint density at radius 3 is 2.62 bits per heavy atom. The van der Waals surface area contributed by atoms with E-state index in [4.69, 9.17) is 4.42 Å². The van der Waals surface area contributed by atoms with Gasteiger partial charge in [-0.3, -0.25) is 14.6 Å². The van der Waals surface area contributed by atoms with Crippen LogP contribution in [0.15, 0.2) is 47.3 Å². The van der Waals surface area contributed by atoms with Crippen molar-refractivity contribution in [2.45, 2.75) is 19.3 Å². The van der Waals surface area contributed by atoms with Gasteiger partial charge in [-0.05, 0) is 36.2 Å². The Hall–Kier alpha value is -2.43. The van der Waals surface area contributed by atoms with Gasteiger partial charge in [0.15, 0.2) is 11.5 Å². The zero-order chi connectivity index (χ0) is 15.1. The predicted octanol–water partition coefficient (Wildman–Crippen LogP) is 2.34. The molecule has 0 bridgehead atoms. The summed E-state index contributed by atoms with van der Waals surface area (Å²) < 4.78 is 5.01. The molecule has 5 nitrogen and oxygen atoms in total. The van der Waals surface area contributed by atoms with Crippen molar-refractivity contribution in [1.29, 1.82) is 0 Å². The summed E-state index contributed by atoms with van der Waals surface area (Å²) in [5.74, 6) is 0.127. The molecule has 0 fully saturated rings. The Labute approximate surface area is 123 Å². The average molecular weight is 286 g/mol. The first-order chi connectivity index (χ1) is 10.2. The van der Waals surface area contributed by atoms with E-state index in [9.17, 15) is 9.59 Å². The fourth-order valence-corrected chi connectivity index (χ4v) is 1.94. The highest BCUT2D eigenvalue weighted by Gasteiger charge is 2.14. The molecule has 0 aliphatic rings. The summed E-state index contributed by atoms with van der Waals surface area (Å²) >= 11 is 0. The number of nitrogens with zero attached hydrogens (tertiary/aromatic N) is 2. The first-order valence-corrected chi connectivity index (χ1v) is 6.86. The third-order valence-corrected chi connectivity index (χ3v) is 3.27. The molecule has 0 saturated heterocycles. The lowest BCUT2D eigenvalue weighted by atomic mass is 10.1. The quantitative estimate of drug-likeness (QED) is 0.733. The smallest absolute Gasteiger partial charge is 0.222 e. The molecule has 0 N–H and O–H groups in total. The molecule has 0 saturated carbocycles. The Morgan fingerprint density at radius 1 is 1.19 bits per heavy atom. The van der Waals surface area contributed by atoms with Crippen molar-refractivity contribution in [3.8, 4) is 0 Å². The molecule has 0 radical (unpaired) electrons. The number of Topliss-reactive ketones (excluding diaryl/α,β-unsaturated/α-hetero) is 1. The maximum Gasteiger partial charge on any atom is 0.222 e. The molecule has 2 aromatic heterocycles. The van der Waals surface area contributed by atoms with Crippen molar-refractivity contribution < 1.29 is 14.0 Å². The van der Waals surface area contributed by atoms with Crippen LogP contribution >= 0.6 is 0 Å². The number of pyridine rings is 1. The highest BCUT2D eigenvalue weighted by atomic mass is 16.3. The van der Waals surface area contributed by atoms with Crippen LogP contribution in [0.3, 0.4) is 0 Å². The number of ketones is 1. The highest BCUT2D eigenvalue weighted by Crippen LogP contribution is 2.07. The number of likely N-dealkylation sites (N-methyl/N-ethyl adjacent to an activating group) is 1. The number of carbonyl (C=O) groups is 2. The molecule has 1 amide bonds. The fourth-order valence-electron chi connectivity index (χ4n) is 1.94. The summed E-state index contributed by atoms with van der Waals surface area (Å²) in [6.45, 7) is 0.623. The molecule has 0 atom stereocenters. The van der Waals surface area contributed by atoms with E-state index in [-0.39, 0.29) is 24.5 Å². The molecular formula is C16H18N2O3. The van der Waals surface area contributed by atoms with Crippen LogP contribution in [0.25, 0.3) is 0 Å². The lowest BCUT2D eigenvalue weighted by Gasteiger charge is -2.16. The van der Waals surface area contributed by atoms with Gasteiger partial charge in [0, 0.05) is 38.8 Å². The minimum atomic E-state index is -0.143. The molecule has 0 aromatic carbocycles. The van der Waals surface area contributed by atoms with Gasteiger partial charge in [0.1, 0.15) is 0 Å². The second-order valence-electron chi connectivity index (χ2n) is 4.82. The lowest BCUT2D eigenvalue weighted by Crippen LogP contribution is -2.29. The minimum absolute atomic E-state index is 0.0380. The number of amides is 1. The van der Waals surface area contributed by atoms with Gasteiger partial charge in [0.25, 0.3) is 0 Å². The standard InChI is InChI=1S/C16H18N2O3/c1-18(11-8-13-6-9-17-10-7-13)16(20)5-4-14(19)15-3-2-12-21-15/h2-3,6-7,9-10,12H,4-5,8,11H2,1H3. The van der Waals surface area contributed by atoms with Crippen LogP contribution in [0, 0.1) is 0 Å². The summed E-state index contributed by atoms with van der Waals surface area (Å²) in [6, 6.07) is 7.13. The van der Waals surface area contributed by atoms with Crippen LogP contribution < -0.4 is 0 Å². The van der Waals surface area contributed by atoms with E-state index in [1.807, 2.05) is 12.1 Å². The van der Waals surface area contributed by atoms with Crippen LogP contribution in [0.5, 0.6) is 0 Å². The van der Waals surface area contributed by atoms with Crippen LogP contribution in [-0.4, -0.2) is 35.2 Å². The predicted molar refractivity (Wildman–Crippen MR) is 77.9 cm³/mol. The number of aromatic nitrogens is 1. The van der Waals surface area contributed by atoms with Gasteiger partial charge in [0.2, 0.25) is 5.91 Å². The average Bonchev–Trinajstić information content (AvgIpc) is 3.05. The van der Waals surface area contributed by atoms with Crippen molar-refractivity contribution in [3.05, 3.63) is 54.2 Å². The molecule has 110 valence electrons. The van der Waals surface area contributed by atoms with E-state index in [1.165, 1.54) is 6.26 Å². The van der Waals surface area contributed by atoms with Crippen LogP contribution in [-0.2, 0) is 11.2 Å². The van der Waals surface area contributed by atoms with E-state index in [2.05, 4.69) is 4.98 Å². The highest BCUT2D eigenvalue weighted by molar-refractivity contribution is 5.95. The number of rotatable bonds is 7. The molecule has 2 heterocycles. The largest absolute Gasteiger partial charge is 0.461 e. The molecule has 5 heteroatoms. The summed E-state index contributed by atoms with van der Waals surface area (Å²) in [7, 11) is 1.75. The van der Waals surface area contributed by atoms with Gasteiger partial charge < -0.3 is 9.32 Å². The van der Waals surface area contributed by atoms with Gasteiger partial charge in [-0.25, -0.2) is 0 Å². The van der Waals surface area contributed by atoms with Crippen LogP contribution in [0.1, 0.15) is 29.0 Å². The van der Waals surface area contributed by atoms with E-state index >= 15 is 0 Å². The number of furan rings is 1. The first kappa shape index (κ1) is 15.0. The maximum atomic E-state index is 12.0. The Morgan fingerprint density at radius 2 is 1.95 bits per heavy atom. The van der Waals surface area contributed by atoms with E-state index < -0.39 is 0 Å². The maximum absolute atomic E-state index is 12.0. The Balaban J connectivity index is 1.74. The molecule has 2 rings (SSSR count). The second-order valence-corrected chi connectivity index (χ2v) is 4.82. The van der Waals surface area contributed by atoms with Gasteiger partial charge >= 0.3 is 0 Å². The van der Waals surface area contributed by atoms with Gasteiger partial charge in [-0.15, -0.1) is 0 Å². The topological polar surface area (TPSA) is 63.4 Å². The van der Waals surface area contributed by atoms with Crippen molar-refractivity contribution in [2.24, 2.45) is 0 Å². The molecule has 0 unspecified atom stereocenters. The molecule has 0 aliphatic heterocycles. The SMILES string of the molecule is CN(CCc1ccncc1)C(=O)CCC(=O)c1ccco1. The molecule has 0 aliphatic carbocycles. The van der Waals surface area contributed by atoms with Crippen LogP contribution in [0.2, 0.25) is 0 Å². The zero-order valence-corrected chi connectivity index (χ0v) is 12.0. The van der Waals surface area contributed by atoms with E-state index in [0.717, 1.165) is 12.0 Å². The van der Waals surface area contributed by atoms with Crippen molar-refractivity contribution in [3.63, 3.8) is 0 Å². The number of hydrogen-bond donors (Lipinski definition) is 0. The van der Waals surface area contributed by atoms with Gasteiger partial charge in [-0.2, -0.15) is 0 Å². The van der Waals surface area contributed by atoms with Crippen molar-refractivity contribution in [1.82, 2.24) is 9.88 Å². The third kappa shape index (κ3) is 4.56. The first-order valence-electron chi connectivity index (χ1n) is 6.86. The molecule has 2 aromatic rings. The summed E-state index contributed by atoms with van der Waals surface area (Å²) in [5, 5.41) is 0. The summed E-state index contributed by atoms with van der Waals surface area (Å²) in [4.78, 5) is 29.3. The Kier molecular flexibility index (Phi) is 5.26. The Bertz CT molecular complexity index is 579. The third-order valence-electron chi connectivity index (χ3n) is 3.27. The molecule has 21 heavy (non-hydrogen) atoms. The number of hydrogen-bond acceptors (Lipinski definition) is 4. The van der Waals surface area contributed by atoms with E-state index in [1.54, 1.807) is 36.5 Å². The van der Waals surface area contributed by atoms with Gasteiger partial charge in [0.05, 0.1) is 6.26 Å². The summed E-state index contributed by atoms with van der Waals surface area (Å²) in [6.07, 6.45) is 6.07. The monoisotopic (exact) mass is 286 g/mol. The van der Waals surface area contributed by atoms with Gasteiger partial charge in [-0.1, -0.05) is 0 Å². The van der Waals surface area contributed by atoms with Crippen molar-refractivity contribution in [2.75, 3.05) is 13.6 Å². The van der Waals surface area contributed by atoms with Crippen LogP contribution in [0.4, 0.5) is 0 Å². The minimum Gasteiger partial charge on any atom is -0.461 e. The lowest BCUT2D eigenvalue weighted by molar-refractivity contribution is -0.129. The number of carbonyl (C=O) groups excluding carboxylic acids is 2. The fraction of sp³-hybridized carbons (Fsp3) is 0.312. The summed E-state index contributed by atoms with van der Waals surface area (Å²) in [5.41, 5.74) is 1.14. The zero-order valence-electron chi connectivity index (χ0n) is 12.0. The molecule has 0 spiro atoms. The second kappa shape index (κ2) is 7.38. The normalized spacial score (nSPS) is 10.3. The van der Waals surface area contributed by atoms with Crippen molar-refractivity contribution >= 4 is 11.7 Å². The van der Waals surface area contributed by atoms with E-state index in [0.29, 0.717) is 12.3 Å². The molecular weight excluding hydrogens is 268 g/mol.